The van der Waals surface area contributed by atoms with Crippen LogP contribution in [0, 0.1) is 6.92 Å². The van der Waals surface area contributed by atoms with Gasteiger partial charge >= 0.3 is 6.09 Å². The molecule has 0 aliphatic carbocycles. The number of methoxy groups -OCH3 is 1. The van der Waals surface area contributed by atoms with Crippen molar-refractivity contribution in [2.75, 3.05) is 25.7 Å². The van der Waals surface area contributed by atoms with Gasteiger partial charge in [0, 0.05) is 18.0 Å². The maximum Gasteiger partial charge on any atom is 0.417 e. The summed E-state index contributed by atoms with van der Waals surface area (Å²) < 4.78 is 37.2. The molecule has 0 radical (unpaired) electrons. The van der Waals surface area contributed by atoms with Crippen molar-refractivity contribution in [3.05, 3.63) is 60.3 Å². The lowest BCUT2D eigenvalue weighted by molar-refractivity contribution is -0.0717. The summed E-state index contributed by atoms with van der Waals surface area (Å²) in [4.78, 5) is 31.4. The van der Waals surface area contributed by atoms with Crippen LogP contribution in [0.25, 0.3) is 31.7 Å². The predicted octanol–water partition coefficient (Wildman–Crippen LogP) is 5.46. The van der Waals surface area contributed by atoms with E-state index in [2.05, 4.69) is 15.0 Å². The average Bonchev–Trinajstić information content (AvgIpc) is 3.40. The molecule has 0 N–H and O–H groups in total. The Bertz CT molecular complexity index is 1710. The van der Waals surface area contributed by atoms with Gasteiger partial charge in [-0.1, -0.05) is 0 Å². The van der Waals surface area contributed by atoms with E-state index in [0.29, 0.717) is 55.9 Å². The number of amides is 1. The normalized spacial score (nSPS) is 14.4. The first-order chi connectivity index (χ1) is 18.9. The van der Waals surface area contributed by atoms with Crippen LogP contribution in [0.15, 0.2) is 48.9 Å². The molecule has 0 saturated heterocycles. The predicted molar refractivity (Wildman–Crippen MR) is 143 cm³/mol. The van der Waals surface area contributed by atoms with E-state index in [1.54, 1.807) is 51.5 Å². The number of pyridine rings is 1. The first kappa shape index (κ1) is 24.7. The molecule has 2 aromatic carbocycles. The van der Waals surface area contributed by atoms with Gasteiger partial charge in [0.25, 0.3) is 6.29 Å². The summed E-state index contributed by atoms with van der Waals surface area (Å²) in [6.07, 6.45) is 3.11. The molecule has 1 aliphatic rings. The highest BCUT2D eigenvalue weighted by molar-refractivity contribution is 7.22. The lowest BCUT2D eigenvalue weighted by atomic mass is 10.1. The van der Waals surface area contributed by atoms with Crippen molar-refractivity contribution in [1.29, 1.82) is 0 Å². The Balaban J connectivity index is 1.28. The minimum atomic E-state index is -0.951. The lowest BCUT2D eigenvalue weighted by Crippen LogP contribution is -2.38. The number of rotatable bonds is 5. The second-order valence-electron chi connectivity index (χ2n) is 8.77. The number of halogens is 1. The number of aromatic nitrogens is 4. The third kappa shape index (κ3) is 4.63. The zero-order chi connectivity index (χ0) is 27.1. The molecule has 5 aromatic rings. The van der Waals surface area contributed by atoms with Crippen molar-refractivity contribution in [2.45, 2.75) is 19.9 Å². The van der Waals surface area contributed by atoms with E-state index in [1.165, 1.54) is 28.6 Å². The topological polar surface area (TPSA) is 109 Å². The molecule has 1 amide bonds. The monoisotopic (exact) mass is 547 g/mol. The number of carbonyl (C=O) groups is 1. The van der Waals surface area contributed by atoms with E-state index in [0.717, 1.165) is 10.1 Å². The number of aryl methyl sites for hydroxylation is 1. The van der Waals surface area contributed by atoms with Crippen LogP contribution in [-0.2, 0) is 11.4 Å². The molecule has 3 aromatic heterocycles. The summed E-state index contributed by atoms with van der Waals surface area (Å²) in [5.41, 5.74) is 3.09. The summed E-state index contributed by atoms with van der Waals surface area (Å²) in [5, 5.41) is 1.42. The highest BCUT2D eigenvalue weighted by Gasteiger charge is 2.29. The summed E-state index contributed by atoms with van der Waals surface area (Å²) in [6, 6.07) is 8.86. The van der Waals surface area contributed by atoms with Crippen LogP contribution >= 0.6 is 11.3 Å². The minimum Gasteiger partial charge on any atom is -0.495 e. The highest BCUT2D eigenvalue weighted by Crippen LogP contribution is 2.45. The number of fused-ring (bicyclic) bond motifs is 4. The van der Waals surface area contributed by atoms with Crippen molar-refractivity contribution in [2.24, 2.45) is 0 Å². The van der Waals surface area contributed by atoms with Crippen molar-refractivity contribution in [1.82, 2.24) is 19.9 Å². The number of carbonyl (C=O) groups excluding carboxylic acids is 1. The van der Waals surface area contributed by atoms with Crippen LogP contribution < -0.4 is 19.1 Å². The van der Waals surface area contributed by atoms with Gasteiger partial charge in [0.2, 0.25) is 0 Å². The van der Waals surface area contributed by atoms with E-state index in [-0.39, 0.29) is 6.61 Å². The van der Waals surface area contributed by atoms with Gasteiger partial charge in [-0.25, -0.2) is 24.1 Å². The van der Waals surface area contributed by atoms with Crippen LogP contribution in [0.2, 0.25) is 0 Å². The lowest BCUT2D eigenvalue weighted by Gasteiger charge is -2.27. The fraction of sp³-hybridized carbons (Fsp3) is 0.222. The van der Waals surface area contributed by atoms with Gasteiger partial charge in [0.15, 0.2) is 18.1 Å². The van der Waals surface area contributed by atoms with Crippen LogP contribution in [0.3, 0.4) is 0 Å². The first-order valence-electron chi connectivity index (χ1n) is 11.9. The van der Waals surface area contributed by atoms with Crippen molar-refractivity contribution in [3.63, 3.8) is 0 Å². The molecule has 4 heterocycles. The molecular formula is C27H22FN5O5S. The van der Waals surface area contributed by atoms with Crippen LogP contribution in [0.4, 0.5) is 14.9 Å². The van der Waals surface area contributed by atoms with Crippen molar-refractivity contribution >= 4 is 44.2 Å². The third-order valence-electron chi connectivity index (χ3n) is 6.20. The van der Waals surface area contributed by atoms with Gasteiger partial charge in [0.05, 0.1) is 42.4 Å². The summed E-state index contributed by atoms with van der Waals surface area (Å²) >= 11 is 1.39. The first-order valence-corrected chi connectivity index (χ1v) is 12.7. The molecule has 0 unspecified atom stereocenters. The molecule has 0 spiro atoms. The number of ether oxygens (including phenoxy) is 4. The smallest absolute Gasteiger partial charge is 0.417 e. The maximum absolute atomic E-state index is 13.7. The fourth-order valence-electron chi connectivity index (χ4n) is 4.18. The van der Waals surface area contributed by atoms with E-state index in [9.17, 15) is 9.18 Å². The summed E-state index contributed by atoms with van der Waals surface area (Å²) in [6.45, 7) is 1.13. The van der Waals surface area contributed by atoms with Crippen molar-refractivity contribution < 1.29 is 28.1 Å². The van der Waals surface area contributed by atoms with Gasteiger partial charge in [-0.3, -0.25) is 9.88 Å². The zero-order valence-electron chi connectivity index (χ0n) is 21.2. The Kier molecular flexibility index (Phi) is 6.31. The molecule has 10 nitrogen and oxygen atoms in total. The Morgan fingerprint density at radius 3 is 2.77 bits per heavy atom. The number of benzene rings is 2. The molecule has 0 fully saturated rings. The molecule has 198 valence electrons. The molecule has 1 aliphatic heterocycles. The molecule has 39 heavy (non-hydrogen) atoms. The Labute approximate surface area is 226 Å². The molecule has 0 saturated carbocycles. The number of thiazole rings is 1. The number of alkyl halides is 1. The van der Waals surface area contributed by atoms with Gasteiger partial charge in [0.1, 0.15) is 28.0 Å². The molecule has 0 bridgehead atoms. The summed E-state index contributed by atoms with van der Waals surface area (Å²) in [5.74, 6) is 2.11. The zero-order valence-corrected chi connectivity index (χ0v) is 22.0. The van der Waals surface area contributed by atoms with Gasteiger partial charge in [-0.15, -0.1) is 11.3 Å². The SMILES string of the molecule is COc1cnc2c(-c3nc4ccc5c(c4s3)OC[C@@H](OC(=O)N(C)c3cnc(C)nc3)O5)cc(CF)cc2c1. The van der Waals surface area contributed by atoms with Gasteiger partial charge < -0.3 is 18.9 Å². The molecular weight excluding hydrogens is 525 g/mol. The Hall–Kier alpha value is -4.58. The number of nitrogens with zero attached hydrogens (tertiary/aromatic N) is 5. The molecule has 12 heteroatoms. The largest absolute Gasteiger partial charge is 0.495 e. The second-order valence-corrected chi connectivity index (χ2v) is 9.77. The second kappa shape index (κ2) is 9.95. The number of hydrogen-bond donors (Lipinski definition) is 0. The molecule has 1 atom stereocenters. The maximum atomic E-state index is 13.7. The summed E-state index contributed by atoms with van der Waals surface area (Å²) in [7, 11) is 3.12. The Morgan fingerprint density at radius 1 is 1.18 bits per heavy atom. The van der Waals surface area contributed by atoms with E-state index < -0.39 is 19.1 Å². The van der Waals surface area contributed by atoms with E-state index >= 15 is 0 Å². The fourth-order valence-corrected chi connectivity index (χ4v) is 5.25. The van der Waals surface area contributed by atoms with Crippen LogP contribution in [-0.4, -0.2) is 53.1 Å². The van der Waals surface area contributed by atoms with Crippen molar-refractivity contribution in [3.8, 4) is 27.8 Å². The van der Waals surface area contributed by atoms with Gasteiger partial charge in [-0.2, -0.15) is 0 Å². The minimum absolute atomic E-state index is 0.00899. The highest BCUT2D eigenvalue weighted by atomic mass is 32.1. The average molecular weight is 548 g/mol. The van der Waals surface area contributed by atoms with Gasteiger partial charge in [-0.05, 0) is 42.8 Å². The van der Waals surface area contributed by atoms with Crippen LogP contribution in [0.5, 0.6) is 17.2 Å². The number of anilines is 1. The van der Waals surface area contributed by atoms with Crippen LogP contribution in [0.1, 0.15) is 11.4 Å². The van der Waals surface area contributed by atoms with E-state index in [4.69, 9.17) is 23.9 Å². The standard InChI is InChI=1S/C27H22FN5O5S/c1-14-29-10-17(11-30-14)33(2)27(34)38-22-13-36-24-21(37-22)5-4-20-25(24)39-26(32-20)19-7-15(9-28)6-16-8-18(35-3)12-31-23(16)19/h4-8,10-12,22H,9,13H2,1-3H3/t22-/m1/s1. The Morgan fingerprint density at radius 2 is 2.00 bits per heavy atom. The third-order valence-corrected chi connectivity index (χ3v) is 7.30. The van der Waals surface area contributed by atoms with E-state index in [1.807, 2.05) is 6.07 Å². The molecule has 6 rings (SSSR count). The quantitative estimate of drug-likeness (QED) is 0.283. The number of hydrogen-bond acceptors (Lipinski definition) is 10.